The fourth-order valence-electron chi connectivity index (χ4n) is 3.41. The van der Waals surface area contributed by atoms with Crippen LogP contribution in [0.5, 0.6) is 5.75 Å². The molecule has 1 fully saturated rings. The van der Waals surface area contributed by atoms with E-state index in [0.717, 1.165) is 17.1 Å². The smallest absolute Gasteiger partial charge is 0.225 e. The van der Waals surface area contributed by atoms with Crippen LogP contribution in [0.1, 0.15) is 37.6 Å². The van der Waals surface area contributed by atoms with Crippen LogP contribution in [0.15, 0.2) is 47.1 Å². The number of benzene rings is 1. The summed E-state index contributed by atoms with van der Waals surface area (Å²) in [6.45, 7) is 4.96. The second kappa shape index (κ2) is 8.29. The van der Waals surface area contributed by atoms with Crippen LogP contribution in [-0.4, -0.2) is 30.4 Å². The number of methoxy groups -OCH3 is 1. The van der Waals surface area contributed by atoms with Crippen molar-refractivity contribution < 1.29 is 18.7 Å². The van der Waals surface area contributed by atoms with E-state index in [0.29, 0.717) is 13.1 Å². The third-order valence-electron chi connectivity index (χ3n) is 4.95. The first kappa shape index (κ1) is 19.0. The lowest BCUT2D eigenvalue weighted by Crippen LogP contribution is -2.37. The van der Waals surface area contributed by atoms with Gasteiger partial charge in [-0.2, -0.15) is 0 Å². The number of rotatable bonds is 7. The van der Waals surface area contributed by atoms with E-state index in [-0.39, 0.29) is 36.1 Å². The molecule has 6 nitrogen and oxygen atoms in total. The van der Waals surface area contributed by atoms with Crippen molar-refractivity contribution in [1.29, 1.82) is 0 Å². The van der Waals surface area contributed by atoms with Crippen molar-refractivity contribution in [1.82, 2.24) is 10.2 Å². The lowest BCUT2D eigenvalue weighted by molar-refractivity contribution is -0.129. The lowest BCUT2D eigenvalue weighted by Gasteiger charge is -2.25. The predicted octanol–water partition coefficient (Wildman–Crippen LogP) is 3.15. The van der Waals surface area contributed by atoms with Gasteiger partial charge in [0.15, 0.2) is 0 Å². The zero-order valence-electron chi connectivity index (χ0n) is 16.0. The summed E-state index contributed by atoms with van der Waals surface area (Å²) in [4.78, 5) is 26.8. The van der Waals surface area contributed by atoms with Gasteiger partial charge in [0.25, 0.3) is 0 Å². The number of carbonyl (C=O) groups is 2. The molecule has 0 bridgehead atoms. The van der Waals surface area contributed by atoms with Gasteiger partial charge in [-0.25, -0.2) is 0 Å². The molecule has 3 rings (SSSR count). The van der Waals surface area contributed by atoms with E-state index in [2.05, 4.69) is 19.2 Å². The Labute approximate surface area is 159 Å². The molecule has 1 aromatic carbocycles. The van der Waals surface area contributed by atoms with Crippen LogP contribution in [0.25, 0.3) is 0 Å². The molecular formula is C21H26N2O4. The van der Waals surface area contributed by atoms with E-state index < -0.39 is 0 Å². The normalized spacial score (nSPS) is 18.0. The first-order chi connectivity index (χ1) is 13.0. The molecule has 27 heavy (non-hydrogen) atoms. The van der Waals surface area contributed by atoms with Crippen LogP contribution in [0.3, 0.4) is 0 Å². The molecule has 1 aliphatic rings. The highest BCUT2D eigenvalue weighted by atomic mass is 16.5. The van der Waals surface area contributed by atoms with Gasteiger partial charge >= 0.3 is 0 Å². The zero-order valence-corrected chi connectivity index (χ0v) is 16.0. The Morgan fingerprint density at radius 2 is 2.04 bits per heavy atom. The van der Waals surface area contributed by atoms with Crippen LogP contribution in [0.2, 0.25) is 0 Å². The number of carbonyl (C=O) groups excluding carboxylic acids is 2. The summed E-state index contributed by atoms with van der Waals surface area (Å²) in [5.41, 5.74) is 1.02. The molecule has 0 aliphatic carbocycles. The van der Waals surface area contributed by atoms with E-state index in [1.807, 2.05) is 30.3 Å². The van der Waals surface area contributed by atoms with E-state index in [9.17, 15) is 9.59 Å². The molecule has 0 spiro atoms. The third kappa shape index (κ3) is 4.51. The summed E-state index contributed by atoms with van der Waals surface area (Å²) in [6.07, 6.45) is 1.82. The Morgan fingerprint density at radius 3 is 2.63 bits per heavy atom. The molecule has 2 heterocycles. The number of ether oxygens (including phenoxy) is 1. The number of amides is 2. The number of hydrogen-bond donors (Lipinski definition) is 1. The van der Waals surface area contributed by atoms with Gasteiger partial charge in [-0.05, 0) is 35.7 Å². The molecule has 1 aromatic heterocycles. The van der Waals surface area contributed by atoms with Crippen LogP contribution in [0, 0.1) is 11.8 Å². The van der Waals surface area contributed by atoms with Crippen LogP contribution in [0.4, 0.5) is 0 Å². The number of hydrogen-bond acceptors (Lipinski definition) is 4. The third-order valence-corrected chi connectivity index (χ3v) is 4.95. The standard InChI is InChI=1S/C21H26N2O4/c1-14(2)20(15-6-8-17(26-3)9-7-15)22-21(25)16-11-19(24)23(12-16)13-18-5-4-10-27-18/h4-10,14,16,20H,11-13H2,1-3H3,(H,22,25). The highest BCUT2D eigenvalue weighted by molar-refractivity contribution is 5.89. The topological polar surface area (TPSA) is 71.8 Å². The molecule has 0 radical (unpaired) electrons. The number of likely N-dealkylation sites (tertiary alicyclic amines) is 1. The maximum absolute atomic E-state index is 12.8. The Hall–Kier alpha value is -2.76. The van der Waals surface area contributed by atoms with Crippen LogP contribution < -0.4 is 10.1 Å². The fraction of sp³-hybridized carbons (Fsp3) is 0.429. The second-order valence-corrected chi connectivity index (χ2v) is 7.26. The second-order valence-electron chi connectivity index (χ2n) is 7.26. The molecule has 1 saturated heterocycles. The molecule has 0 saturated carbocycles. The van der Waals surface area contributed by atoms with E-state index in [4.69, 9.17) is 9.15 Å². The van der Waals surface area contributed by atoms with Crippen molar-refractivity contribution in [3.8, 4) is 5.75 Å². The minimum atomic E-state index is -0.341. The predicted molar refractivity (Wildman–Crippen MR) is 101 cm³/mol. The van der Waals surface area contributed by atoms with E-state index in [1.54, 1.807) is 24.3 Å². The molecule has 144 valence electrons. The molecule has 2 unspecified atom stereocenters. The number of nitrogens with one attached hydrogen (secondary N) is 1. The minimum absolute atomic E-state index is 0.0166. The summed E-state index contributed by atoms with van der Waals surface area (Å²) in [6, 6.07) is 11.2. The summed E-state index contributed by atoms with van der Waals surface area (Å²) in [5, 5.41) is 3.13. The van der Waals surface area contributed by atoms with Gasteiger partial charge in [-0.15, -0.1) is 0 Å². The molecule has 2 aromatic rings. The SMILES string of the molecule is COc1ccc(C(NC(=O)C2CC(=O)N(Cc3ccco3)C2)C(C)C)cc1. The molecule has 1 N–H and O–H groups in total. The fourth-order valence-corrected chi connectivity index (χ4v) is 3.41. The summed E-state index contributed by atoms with van der Waals surface area (Å²) >= 11 is 0. The summed E-state index contributed by atoms with van der Waals surface area (Å²) < 4.78 is 10.5. The molecule has 2 atom stereocenters. The Balaban J connectivity index is 1.64. The highest BCUT2D eigenvalue weighted by Crippen LogP contribution is 2.26. The van der Waals surface area contributed by atoms with Gasteiger partial charge in [0.05, 0.1) is 31.9 Å². The van der Waals surface area contributed by atoms with Gasteiger partial charge in [-0.1, -0.05) is 26.0 Å². The average Bonchev–Trinajstić information content (AvgIpc) is 3.30. The lowest BCUT2D eigenvalue weighted by atomic mass is 9.95. The van der Waals surface area contributed by atoms with Gasteiger partial charge < -0.3 is 19.4 Å². The van der Waals surface area contributed by atoms with Gasteiger partial charge in [0, 0.05) is 13.0 Å². The van der Waals surface area contributed by atoms with Gasteiger partial charge in [0.1, 0.15) is 11.5 Å². The number of furan rings is 1. The first-order valence-corrected chi connectivity index (χ1v) is 9.22. The molecular weight excluding hydrogens is 344 g/mol. The van der Waals surface area contributed by atoms with E-state index >= 15 is 0 Å². The largest absolute Gasteiger partial charge is 0.497 e. The molecule has 6 heteroatoms. The summed E-state index contributed by atoms with van der Waals surface area (Å²) in [7, 11) is 1.63. The number of nitrogens with zero attached hydrogens (tertiary/aromatic N) is 1. The van der Waals surface area contributed by atoms with Crippen LogP contribution in [-0.2, 0) is 16.1 Å². The van der Waals surface area contributed by atoms with Crippen molar-refractivity contribution in [2.24, 2.45) is 11.8 Å². The van der Waals surface area contributed by atoms with Crippen molar-refractivity contribution in [3.05, 3.63) is 54.0 Å². The molecule has 1 aliphatic heterocycles. The molecule has 2 amide bonds. The van der Waals surface area contributed by atoms with Crippen LogP contribution >= 0.6 is 0 Å². The van der Waals surface area contributed by atoms with Crippen molar-refractivity contribution in [2.45, 2.75) is 32.9 Å². The average molecular weight is 370 g/mol. The Kier molecular flexibility index (Phi) is 5.84. The van der Waals surface area contributed by atoms with Crippen molar-refractivity contribution in [2.75, 3.05) is 13.7 Å². The Morgan fingerprint density at radius 1 is 1.30 bits per heavy atom. The highest BCUT2D eigenvalue weighted by Gasteiger charge is 2.35. The van der Waals surface area contributed by atoms with Crippen molar-refractivity contribution in [3.63, 3.8) is 0 Å². The van der Waals surface area contributed by atoms with Gasteiger partial charge in [0.2, 0.25) is 11.8 Å². The maximum Gasteiger partial charge on any atom is 0.225 e. The van der Waals surface area contributed by atoms with E-state index in [1.165, 1.54) is 0 Å². The first-order valence-electron chi connectivity index (χ1n) is 9.22. The quantitative estimate of drug-likeness (QED) is 0.813. The van der Waals surface area contributed by atoms with Crippen molar-refractivity contribution >= 4 is 11.8 Å². The summed E-state index contributed by atoms with van der Waals surface area (Å²) in [5.74, 6) is 1.28. The monoisotopic (exact) mass is 370 g/mol. The zero-order chi connectivity index (χ0) is 19.4. The van der Waals surface area contributed by atoms with Gasteiger partial charge in [-0.3, -0.25) is 9.59 Å². The Bertz CT molecular complexity index is 768. The minimum Gasteiger partial charge on any atom is -0.497 e. The maximum atomic E-state index is 12.8.